The molecule has 1 aliphatic rings. The van der Waals surface area contributed by atoms with Crippen LogP contribution in [-0.4, -0.2) is 144 Å². The second-order valence-electron chi connectivity index (χ2n) is 14.9. The summed E-state index contributed by atoms with van der Waals surface area (Å²) < 4.78 is 34.7. The van der Waals surface area contributed by atoms with E-state index >= 15 is 0 Å². The first-order chi connectivity index (χ1) is 34.2. The molecular formula is C39H42F2N20O9S2. The van der Waals surface area contributed by atoms with Crippen molar-refractivity contribution in [2.75, 3.05) is 41.5 Å². The van der Waals surface area contributed by atoms with Crippen molar-refractivity contribution in [1.82, 2.24) is 73.7 Å². The van der Waals surface area contributed by atoms with Crippen LogP contribution in [0.2, 0.25) is 0 Å². The lowest BCUT2D eigenvalue weighted by Gasteiger charge is -2.20. The fourth-order valence-electron chi connectivity index (χ4n) is 6.37. The zero-order valence-electron chi connectivity index (χ0n) is 37.1. The van der Waals surface area contributed by atoms with E-state index in [0.717, 1.165) is 29.1 Å². The number of H-pyrrole nitrogens is 2. The second-order valence-corrected chi connectivity index (χ2v) is 15.8. The lowest BCUT2D eigenvalue weighted by atomic mass is 10.1. The summed E-state index contributed by atoms with van der Waals surface area (Å²) in [5.41, 5.74) is 26.1. The predicted molar refractivity (Wildman–Crippen MR) is 256 cm³/mol. The van der Waals surface area contributed by atoms with Crippen molar-refractivity contribution in [2.24, 2.45) is 0 Å². The average molecular weight is 1040 g/mol. The number of nitrogens with two attached hydrogens (primary N) is 4. The van der Waals surface area contributed by atoms with Crippen molar-refractivity contribution in [3.05, 3.63) is 94.3 Å². The number of nitrogens with zero attached hydrogens (tertiary/aromatic N) is 13. The highest BCUT2D eigenvalue weighted by molar-refractivity contribution is 7.78. The summed E-state index contributed by atoms with van der Waals surface area (Å²) in [4.78, 5) is 92.6. The Morgan fingerprint density at radius 3 is 2.40 bits per heavy atom. The Kier molecular flexibility index (Phi) is 16.7. The molecular weight excluding hydrogens is 995 g/mol. The number of benzene rings is 1. The molecule has 0 saturated carbocycles. The van der Waals surface area contributed by atoms with Gasteiger partial charge in [0.05, 0.1) is 37.6 Å². The number of imidazole rings is 2. The number of aromatic amines is 2. The lowest BCUT2D eigenvalue weighted by Crippen LogP contribution is -2.41. The van der Waals surface area contributed by atoms with Gasteiger partial charge in [-0.3, -0.25) is 18.1 Å². The number of carbonyl (C=O) groups excluding carboxylic acids is 1. The van der Waals surface area contributed by atoms with Gasteiger partial charge in [0.2, 0.25) is 18.1 Å². The van der Waals surface area contributed by atoms with Gasteiger partial charge < -0.3 is 68.3 Å². The van der Waals surface area contributed by atoms with Crippen molar-refractivity contribution in [1.29, 1.82) is 0 Å². The van der Waals surface area contributed by atoms with Crippen molar-refractivity contribution in [3.8, 4) is 0 Å². The van der Waals surface area contributed by atoms with Crippen LogP contribution in [0.5, 0.6) is 0 Å². The number of aliphatic hydroxyl groups excluding tert-OH is 2. The molecule has 8 heterocycles. The number of aromatic nitrogens is 14. The number of carbonyl (C=O) groups is 3. The summed E-state index contributed by atoms with van der Waals surface area (Å²) in [6.45, 7) is -0.418. The summed E-state index contributed by atoms with van der Waals surface area (Å²) in [6, 6.07) is 6.31. The zero-order chi connectivity index (χ0) is 52.4. The molecule has 0 bridgehead atoms. The van der Waals surface area contributed by atoms with Gasteiger partial charge in [-0.05, 0) is 36.8 Å². The number of aliphatic hydroxyl groups is 2. The first-order valence-electron chi connectivity index (χ1n) is 20.5. The summed E-state index contributed by atoms with van der Waals surface area (Å²) in [7, 11) is 1.82. The van der Waals surface area contributed by atoms with E-state index in [1.54, 1.807) is 34.8 Å². The maximum absolute atomic E-state index is 13.7. The van der Waals surface area contributed by atoms with E-state index in [1.165, 1.54) is 24.8 Å². The number of alkyl halides is 2. The van der Waals surface area contributed by atoms with Crippen LogP contribution in [0, 0.1) is 4.64 Å². The fraction of sp³-hybridized carbons (Fsp3) is 0.256. The first-order valence-corrected chi connectivity index (χ1v) is 21.3. The molecule has 1 amide bonds. The molecule has 9 rings (SSSR count). The number of rotatable bonds is 11. The summed E-state index contributed by atoms with van der Waals surface area (Å²) in [5, 5.41) is 38.4. The van der Waals surface area contributed by atoms with Crippen LogP contribution in [0.4, 0.5) is 38.0 Å². The standard InChI is InChI=1S/C20H22N8O5.C9H11F2N3O4.C5H5N5S.C5H4N4S/c1-28(9-11-8-23-17-15(24-11)16(21)26-20(22)27-17)12-4-2-10(3-5-12)18(31)25-13(19(32)33)6-7-14(29)30;10-9(11)6(16)4(3-15)18-7(9)14-2-1-5(12)13-8(14)17;6-5-9-3-2(4(11)10-5)7-1-8-3;10-9-3-8-4-1-6-2-7-5(4)9/h2-5,8,13H,6-7,9H2,1H3,(H,25,31)(H,29,30)(H,32,33)(H4,21,22,23,26,27);1-2,4,6-7,15-16H,3H2,(H2,12,13,17);1H,(H4,6,7,8,9,10,11);1-3,10H/t13-;4-,6-,7-;;/m01../s1. The first kappa shape index (κ1) is 52.7. The minimum Gasteiger partial charge on any atom is -0.481 e. The number of nitrogen functional groups attached to an aromatic ring is 4. The number of thiol groups is 1. The van der Waals surface area contributed by atoms with Crippen molar-refractivity contribution >= 4 is 106 Å². The largest absolute Gasteiger partial charge is 0.481 e. The molecule has 378 valence electrons. The van der Waals surface area contributed by atoms with Crippen LogP contribution >= 0.6 is 25.0 Å². The summed E-state index contributed by atoms with van der Waals surface area (Å²) in [5.74, 6) is -6.45. The van der Waals surface area contributed by atoms with E-state index < -0.39 is 60.5 Å². The quantitative estimate of drug-likeness (QED) is 0.0603. The number of halogens is 2. The van der Waals surface area contributed by atoms with E-state index in [4.69, 9.17) is 50.1 Å². The van der Waals surface area contributed by atoms with Crippen LogP contribution in [0.15, 0.2) is 72.7 Å². The zero-order valence-corrected chi connectivity index (χ0v) is 38.8. The summed E-state index contributed by atoms with van der Waals surface area (Å²) >= 11 is 8.98. The topological polar surface area (TPSA) is 448 Å². The molecule has 1 fully saturated rings. The maximum Gasteiger partial charge on any atom is 0.351 e. The van der Waals surface area contributed by atoms with E-state index in [1.807, 2.05) is 11.9 Å². The fourth-order valence-corrected chi connectivity index (χ4v) is 6.83. The third kappa shape index (κ3) is 12.8. The van der Waals surface area contributed by atoms with E-state index in [-0.39, 0.29) is 41.9 Å². The van der Waals surface area contributed by atoms with Crippen molar-refractivity contribution in [2.45, 2.75) is 49.8 Å². The van der Waals surface area contributed by atoms with Crippen LogP contribution in [-0.2, 0) is 20.9 Å². The Morgan fingerprint density at radius 1 is 1.01 bits per heavy atom. The monoisotopic (exact) mass is 1040 g/mol. The Hall–Kier alpha value is -8.66. The van der Waals surface area contributed by atoms with E-state index in [0.29, 0.717) is 43.8 Å². The van der Waals surface area contributed by atoms with Crippen LogP contribution < -0.4 is 38.8 Å². The molecule has 29 nitrogen and oxygen atoms in total. The number of carboxylic acids is 2. The number of hydrogen-bond acceptors (Lipinski definition) is 24. The Labute approximate surface area is 412 Å². The molecule has 1 aliphatic heterocycles. The average Bonchev–Trinajstić information content (AvgIpc) is 4.03. The van der Waals surface area contributed by atoms with Gasteiger partial charge in [-0.15, -0.1) is 0 Å². The number of nitrogens with one attached hydrogen (secondary N) is 3. The Morgan fingerprint density at radius 2 is 1.75 bits per heavy atom. The Bertz CT molecular complexity index is 3340. The number of aliphatic carboxylic acids is 2. The number of amides is 1. The lowest BCUT2D eigenvalue weighted by molar-refractivity contribution is -0.141. The predicted octanol–water partition coefficient (Wildman–Crippen LogP) is 0.0967. The van der Waals surface area contributed by atoms with Crippen LogP contribution in [0.1, 0.15) is 35.1 Å². The molecule has 8 aromatic rings. The minimum absolute atomic E-state index is 0.0138. The third-order valence-corrected chi connectivity index (χ3v) is 10.5. The molecule has 0 spiro atoms. The van der Waals surface area contributed by atoms with Gasteiger partial charge in [-0.25, -0.2) is 44.5 Å². The second kappa shape index (κ2) is 22.8. The molecule has 7 aromatic heterocycles. The summed E-state index contributed by atoms with van der Waals surface area (Å²) in [6.07, 6.45) is 2.52. The van der Waals surface area contributed by atoms with Crippen molar-refractivity contribution in [3.63, 3.8) is 0 Å². The number of anilines is 5. The number of carboxylic acid groups (broad SMARTS) is 2. The number of hydrogen-bond donors (Lipinski definition) is 12. The molecule has 0 radical (unpaired) electrons. The van der Waals surface area contributed by atoms with Crippen molar-refractivity contribution < 1.29 is 48.3 Å². The Balaban J connectivity index is 0.000000179. The highest BCUT2D eigenvalue weighted by Crippen LogP contribution is 2.42. The van der Waals surface area contributed by atoms with Gasteiger partial charge in [-0.2, -0.15) is 23.7 Å². The molecule has 33 heteroatoms. The smallest absolute Gasteiger partial charge is 0.351 e. The molecule has 1 aromatic carbocycles. The highest BCUT2D eigenvalue weighted by atomic mass is 32.1. The van der Waals surface area contributed by atoms with Gasteiger partial charge in [0, 0.05) is 30.9 Å². The number of fused-ring (bicyclic) bond motifs is 3. The molecule has 0 aliphatic carbocycles. The van der Waals surface area contributed by atoms with Gasteiger partial charge in [0.25, 0.3) is 5.91 Å². The SMILES string of the molecule is CN(Cc1cnc2nc(N)nc(N)c2n1)c1ccc(C(=O)N[C@@H](CCC(=O)O)C(=O)O)cc1.Nc1ccn([C@@H]2O[C@H](CO)[C@@H](O)C2(F)F)c(=O)n1.Nc1nc(=S)c2[nH]cnc2[nH]1.Sn1cnc2cncnc21. The van der Waals surface area contributed by atoms with Crippen LogP contribution in [0.25, 0.3) is 33.5 Å². The molecule has 4 atom stereocenters. The molecule has 1 saturated heterocycles. The van der Waals surface area contributed by atoms with E-state index in [2.05, 4.69) is 77.9 Å². The maximum atomic E-state index is 13.7. The van der Waals surface area contributed by atoms with E-state index in [9.17, 15) is 38.2 Å². The minimum atomic E-state index is -3.71. The van der Waals surface area contributed by atoms with Crippen LogP contribution in [0.3, 0.4) is 0 Å². The van der Waals surface area contributed by atoms with Gasteiger partial charge in [0.1, 0.15) is 41.7 Å². The number of ether oxygens (including phenoxy) is 1. The molecule has 15 N–H and O–H groups in total. The third-order valence-electron chi connectivity index (χ3n) is 9.90. The normalized spacial score (nSPS) is 16.1. The van der Waals surface area contributed by atoms with Gasteiger partial charge in [0.15, 0.2) is 39.0 Å². The highest BCUT2D eigenvalue weighted by Gasteiger charge is 2.59. The van der Waals surface area contributed by atoms with Gasteiger partial charge >= 0.3 is 23.6 Å². The molecule has 72 heavy (non-hydrogen) atoms. The molecule has 0 unspecified atom stereocenters. The van der Waals surface area contributed by atoms with Gasteiger partial charge in [-0.1, -0.05) is 25.0 Å².